The number of para-hydroxylation sites is 2. The zero-order valence-corrected chi connectivity index (χ0v) is 95.9. The molecule has 0 bridgehead atoms. The Balaban J connectivity index is 0.000000170. The number of hydrogen-bond donors (Lipinski definition) is 0. The maximum atomic E-state index is 6.30. The molecule has 0 unspecified atom stereocenters. The number of pyridine rings is 9. The number of hydrogen-bond acceptors (Lipinski definition) is 22. The second-order valence-corrected chi connectivity index (χ2v) is 46.4. The van der Waals surface area contributed by atoms with Gasteiger partial charge in [-0.3, -0.25) is 24.9 Å². The van der Waals surface area contributed by atoms with Crippen LogP contribution in [0.2, 0.25) is 20.1 Å². The number of fused-ring (bicyclic) bond motifs is 9. The second kappa shape index (κ2) is 48.8. The molecule has 0 saturated heterocycles. The molecule has 0 aliphatic rings. The molecule has 0 amide bonds. The van der Waals surface area contributed by atoms with Crippen LogP contribution in [0.25, 0.3) is 98.6 Å². The Kier molecular flexibility index (Phi) is 38.5. The monoisotopic (exact) mass is 2080 g/mol. The summed E-state index contributed by atoms with van der Waals surface area (Å²) in [5.74, 6) is 6.07. The Morgan fingerprint density at radius 2 is 0.466 bits per heavy atom. The summed E-state index contributed by atoms with van der Waals surface area (Å²) >= 11 is 25.1. The molecule has 0 spiro atoms. The number of ether oxygens (including phenoxy) is 9. The molecule has 11 aromatic heterocycles. The molecule has 780 valence electrons. The summed E-state index contributed by atoms with van der Waals surface area (Å²) in [6.07, 6.45) is 12.1. The third kappa shape index (κ3) is 29.9. The molecule has 7 aromatic carbocycles. The highest BCUT2D eigenvalue weighted by atomic mass is 35.5. The van der Waals surface area contributed by atoms with Crippen LogP contribution in [-0.4, -0.2) is 129 Å². The molecule has 0 aliphatic heterocycles. The number of rotatable bonds is 9. The molecule has 18 aromatic rings. The minimum absolute atomic E-state index is 0.0232. The third-order valence-corrected chi connectivity index (χ3v) is 25.3. The molecule has 0 atom stereocenters. The Hall–Kier alpha value is -13.3. The predicted octanol–water partition coefficient (Wildman–Crippen LogP) is 32.1. The van der Waals surface area contributed by atoms with Crippen molar-refractivity contribution in [1.82, 2.24) is 64.8 Å². The third-order valence-electron chi connectivity index (χ3n) is 24.1. The second-order valence-electron chi connectivity index (χ2n) is 44.8. The average Bonchev–Trinajstić information content (AvgIpc) is 0.773. The lowest BCUT2D eigenvalue weighted by Crippen LogP contribution is -2.13. The zero-order chi connectivity index (χ0) is 109. The average molecular weight is 2080 g/mol. The highest BCUT2D eigenvalue weighted by Crippen LogP contribution is 2.43. The van der Waals surface area contributed by atoms with E-state index in [-0.39, 0.29) is 48.7 Å². The van der Waals surface area contributed by atoms with Crippen LogP contribution in [0.3, 0.4) is 0 Å². The molecule has 148 heavy (non-hydrogen) atoms. The number of benzene rings is 7. The van der Waals surface area contributed by atoms with Crippen molar-refractivity contribution in [1.29, 1.82) is 0 Å². The SMILES string of the molecule is COc1ccc2ccc(Cl)c(C(C)(C)C)c2n1.COc1ccc2cccc(C(C)(C)C)c2n1.COc1ccc2ncc(Cl)c(C(C)(C)C)c2c1.COc1ccc2ncc(Cl)c(C(C)(C)C)c2n1.COc1ccc2nccc(C(C)(C)C)c2c1.COc1ccc2nccc(C(C)(C)C)c2n1.COc1cnc2ccc(Cl)c(C(C)(C)C)c2n1.COc1cnc2cccc(C(C)(C)C)c2c1.COc1cnc2cccc(C(C)(C)C)c2n1. The molecule has 0 aliphatic carbocycles. The van der Waals surface area contributed by atoms with Crippen LogP contribution in [-0.2, 0) is 48.7 Å². The van der Waals surface area contributed by atoms with E-state index in [1.807, 2.05) is 128 Å². The molecule has 11 heterocycles. The van der Waals surface area contributed by atoms with Gasteiger partial charge < -0.3 is 42.6 Å². The summed E-state index contributed by atoms with van der Waals surface area (Å²) < 4.78 is 46.6. The minimum atomic E-state index is -0.0857. The van der Waals surface area contributed by atoms with Gasteiger partial charge in [-0.1, -0.05) is 282 Å². The van der Waals surface area contributed by atoms with Crippen LogP contribution in [0, 0.1) is 0 Å². The molecule has 0 radical (unpaired) electrons. The van der Waals surface area contributed by atoms with E-state index in [2.05, 4.69) is 312 Å². The normalized spacial score (nSPS) is 11.8. The van der Waals surface area contributed by atoms with Crippen molar-refractivity contribution in [2.45, 2.75) is 236 Å². The topological polar surface area (TPSA) is 251 Å². The summed E-state index contributed by atoms with van der Waals surface area (Å²) in [6, 6.07) is 59.6. The lowest BCUT2D eigenvalue weighted by atomic mass is 9.84. The highest BCUT2D eigenvalue weighted by Gasteiger charge is 2.29. The predicted molar refractivity (Wildman–Crippen MR) is 614 cm³/mol. The fraction of sp³-hybridized carbons (Fsp3) is 0.369. The van der Waals surface area contributed by atoms with Gasteiger partial charge in [0.2, 0.25) is 35.3 Å². The molecular formula is C122H145Cl4N13O9. The largest absolute Gasteiger partial charge is 0.497 e. The number of methoxy groups -OCH3 is 9. The van der Waals surface area contributed by atoms with E-state index in [9.17, 15) is 0 Å². The van der Waals surface area contributed by atoms with Crippen LogP contribution >= 0.6 is 46.4 Å². The first-order valence-corrected chi connectivity index (χ1v) is 50.5. The van der Waals surface area contributed by atoms with Crippen molar-refractivity contribution in [3.63, 3.8) is 0 Å². The molecule has 0 saturated carbocycles. The lowest BCUT2D eigenvalue weighted by Gasteiger charge is -2.22. The van der Waals surface area contributed by atoms with Gasteiger partial charge in [0.1, 0.15) is 17.2 Å². The Morgan fingerprint density at radius 3 is 0.926 bits per heavy atom. The van der Waals surface area contributed by atoms with Crippen molar-refractivity contribution >= 4 is 145 Å². The minimum Gasteiger partial charge on any atom is -0.497 e. The van der Waals surface area contributed by atoms with Crippen LogP contribution < -0.4 is 42.6 Å². The number of aromatic nitrogens is 13. The van der Waals surface area contributed by atoms with Gasteiger partial charge in [0.25, 0.3) is 0 Å². The molecule has 0 fully saturated rings. The summed E-state index contributed by atoms with van der Waals surface area (Å²) in [5, 5.41) is 8.48. The highest BCUT2D eigenvalue weighted by molar-refractivity contribution is 6.33. The van der Waals surface area contributed by atoms with E-state index in [1.54, 1.807) is 101 Å². The summed E-state index contributed by atoms with van der Waals surface area (Å²) in [6.45, 7) is 58.3. The van der Waals surface area contributed by atoms with Crippen molar-refractivity contribution in [3.05, 3.63) is 296 Å². The first-order chi connectivity index (χ1) is 69.3. The van der Waals surface area contributed by atoms with Gasteiger partial charge in [0.05, 0.1) is 164 Å². The van der Waals surface area contributed by atoms with Crippen LogP contribution in [0.4, 0.5) is 0 Å². The maximum Gasteiger partial charge on any atom is 0.232 e. The van der Waals surface area contributed by atoms with Gasteiger partial charge in [0.15, 0.2) is 0 Å². The number of halogens is 4. The van der Waals surface area contributed by atoms with E-state index in [4.69, 9.17) is 89.0 Å². The summed E-state index contributed by atoms with van der Waals surface area (Å²) in [4.78, 5) is 57.3. The molecule has 18 rings (SSSR count). The van der Waals surface area contributed by atoms with E-state index in [0.29, 0.717) is 50.3 Å². The van der Waals surface area contributed by atoms with E-state index >= 15 is 0 Å². The quantitative estimate of drug-likeness (QED) is 0.130. The van der Waals surface area contributed by atoms with Crippen molar-refractivity contribution in [2.24, 2.45) is 0 Å². The molecule has 22 nitrogen and oxygen atoms in total. The smallest absolute Gasteiger partial charge is 0.232 e. The Labute approximate surface area is 894 Å². The summed E-state index contributed by atoms with van der Waals surface area (Å²) in [7, 11) is 14.7. The van der Waals surface area contributed by atoms with E-state index in [0.717, 1.165) is 132 Å². The number of nitrogens with zero attached hydrogens (tertiary/aromatic N) is 13. The molecular weight excluding hydrogens is 1930 g/mol. The Morgan fingerprint density at radius 1 is 0.189 bits per heavy atom. The fourth-order valence-electron chi connectivity index (χ4n) is 16.8. The van der Waals surface area contributed by atoms with Gasteiger partial charge in [-0.15, -0.1) is 0 Å². The van der Waals surface area contributed by atoms with Gasteiger partial charge in [-0.2, -0.15) is 0 Å². The van der Waals surface area contributed by atoms with Gasteiger partial charge in [-0.05, 0) is 191 Å². The van der Waals surface area contributed by atoms with Crippen LogP contribution in [0.1, 0.15) is 237 Å². The van der Waals surface area contributed by atoms with Gasteiger partial charge >= 0.3 is 0 Å². The van der Waals surface area contributed by atoms with Gasteiger partial charge in [-0.25, -0.2) is 39.9 Å². The van der Waals surface area contributed by atoms with Crippen LogP contribution in [0.5, 0.6) is 52.5 Å². The maximum absolute atomic E-state index is 6.30. The van der Waals surface area contributed by atoms with E-state index < -0.39 is 0 Å². The zero-order valence-electron chi connectivity index (χ0n) is 92.9. The summed E-state index contributed by atoms with van der Waals surface area (Å²) in [5.41, 5.74) is 22.5. The van der Waals surface area contributed by atoms with Gasteiger partial charge in [0, 0.05) is 103 Å². The van der Waals surface area contributed by atoms with Crippen molar-refractivity contribution in [3.8, 4) is 52.5 Å². The fourth-order valence-corrected chi connectivity index (χ4v) is 18.5. The first kappa shape index (κ1) is 117. The standard InChI is InChI=1S/2C14H16ClNO.3C14H17NO.2C13H15ClN2O.2C13H16N2O/c1-14(2,3)12-10(15)7-5-9-6-8-11(17-4)16-13(9)12;1-14(2,3)13-10-7-9(17-4)5-6-12(10)16-8-11(13)15;1-14(2,3)12-7-8-15-13-6-5-10(16-4)9-11(12)13;1-14(2,3)12-6-5-7-13-11(12)8-10(16-4)9-15-13;1-14(2,3)11-7-5-6-10-8-9-12(16-4)15-13(10)11;1-13(2,3)11-8(14)7-15-9-5-6-10(17-4)16-12(9)11;1-13(2,3)11-8(14)5-6-9-12(11)16-10(17-4)7-15-9;1-13(2,3)9-7-8-14-10-5-6-11(16-4)15-12(9)10;1-13(2,3)9-6-5-7-10-12(9)15-11(16-4)8-14-10/h2*5-8H,1-4H3;3*5-9H,1-4H3;2*5-7H,1-4H3;2*5-8H,1-4H3. The van der Waals surface area contributed by atoms with Crippen molar-refractivity contribution in [2.75, 3.05) is 64.0 Å². The van der Waals surface area contributed by atoms with Crippen LogP contribution in [0.15, 0.2) is 225 Å². The lowest BCUT2D eigenvalue weighted by molar-refractivity contribution is 0.397. The molecule has 26 heteroatoms. The van der Waals surface area contributed by atoms with Crippen molar-refractivity contribution < 1.29 is 42.6 Å². The van der Waals surface area contributed by atoms with E-state index in [1.165, 1.54) is 38.6 Å². The first-order valence-electron chi connectivity index (χ1n) is 49.0. The molecule has 0 N–H and O–H groups in total. The Bertz CT molecular complexity index is 6680.